The zero-order valence-corrected chi connectivity index (χ0v) is 7.84. The van der Waals surface area contributed by atoms with Crippen molar-refractivity contribution in [2.75, 3.05) is 26.7 Å². The first-order valence-electron chi connectivity index (χ1n) is 4.52. The van der Waals surface area contributed by atoms with E-state index in [4.69, 9.17) is 4.74 Å². The largest absolute Gasteiger partial charge is 0.378 e. The van der Waals surface area contributed by atoms with E-state index in [0.29, 0.717) is 6.10 Å². The predicted octanol–water partition coefficient (Wildman–Crippen LogP) is 1.36. The van der Waals surface area contributed by atoms with Crippen LogP contribution in [0.15, 0.2) is 0 Å². The van der Waals surface area contributed by atoms with Gasteiger partial charge in [0.05, 0.1) is 12.7 Å². The Labute approximate surface area is 69.5 Å². The summed E-state index contributed by atoms with van der Waals surface area (Å²) in [7, 11) is 2.17. The standard InChI is InChI=1S/C9H19NO/c1-4-10(3)6-9-5-8(2)11-7-9/h8-9H,4-7H2,1-3H3. The minimum absolute atomic E-state index is 0.491. The van der Waals surface area contributed by atoms with E-state index < -0.39 is 0 Å². The molecule has 1 aliphatic rings. The van der Waals surface area contributed by atoms with Gasteiger partial charge >= 0.3 is 0 Å². The number of hydrogen-bond donors (Lipinski definition) is 0. The SMILES string of the molecule is CCN(C)CC1COC(C)C1. The molecule has 1 saturated heterocycles. The van der Waals surface area contributed by atoms with Gasteiger partial charge in [-0.3, -0.25) is 0 Å². The van der Waals surface area contributed by atoms with Crippen LogP contribution in [-0.2, 0) is 4.74 Å². The summed E-state index contributed by atoms with van der Waals surface area (Å²) in [6.07, 6.45) is 1.73. The molecule has 0 saturated carbocycles. The van der Waals surface area contributed by atoms with Gasteiger partial charge in [0.2, 0.25) is 0 Å². The second-order valence-electron chi connectivity index (χ2n) is 3.60. The van der Waals surface area contributed by atoms with Crippen LogP contribution < -0.4 is 0 Å². The summed E-state index contributed by atoms with van der Waals surface area (Å²) >= 11 is 0. The van der Waals surface area contributed by atoms with Gasteiger partial charge in [-0.2, -0.15) is 0 Å². The Morgan fingerprint density at radius 2 is 2.27 bits per heavy atom. The van der Waals surface area contributed by atoms with Crippen molar-refractivity contribution in [1.29, 1.82) is 0 Å². The fraction of sp³-hybridized carbons (Fsp3) is 1.00. The summed E-state index contributed by atoms with van der Waals surface area (Å²) in [4.78, 5) is 2.35. The maximum atomic E-state index is 5.48. The van der Waals surface area contributed by atoms with Gasteiger partial charge in [0.1, 0.15) is 0 Å². The van der Waals surface area contributed by atoms with Crippen molar-refractivity contribution in [3.8, 4) is 0 Å². The van der Waals surface area contributed by atoms with E-state index in [2.05, 4.69) is 25.8 Å². The summed E-state index contributed by atoms with van der Waals surface area (Å²) in [5.74, 6) is 0.773. The first-order chi connectivity index (χ1) is 5.22. The van der Waals surface area contributed by atoms with E-state index in [9.17, 15) is 0 Å². The predicted molar refractivity (Wildman–Crippen MR) is 46.7 cm³/mol. The normalized spacial score (nSPS) is 31.6. The van der Waals surface area contributed by atoms with Crippen LogP contribution in [0, 0.1) is 5.92 Å². The topological polar surface area (TPSA) is 12.5 Å². The van der Waals surface area contributed by atoms with Crippen LogP contribution in [0.5, 0.6) is 0 Å². The zero-order valence-electron chi connectivity index (χ0n) is 7.84. The number of hydrogen-bond acceptors (Lipinski definition) is 2. The van der Waals surface area contributed by atoms with Crippen molar-refractivity contribution >= 4 is 0 Å². The molecule has 0 aromatic heterocycles. The van der Waals surface area contributed by atoms with E-state index in [-0.39, 0.29) is 0 Å². The first-order valence-corrected chi connectivity index (χ1v) is 4.52. The summed E-state index contributed by atoms with van der Waals surface area (Å²) in [6.45, 7) is 7.66. The molecular weight excluding hydrogens is 138 g/mol. The fourth-order valence-corrected chi connectivity index (χ4v) is 1.60. The molecule has 0 N–H and O–H groups in total. The van der Waals surface area contributed by atoms with Gasteiger partial charge in [-0.25, -0.2) is 0 Å². The summed E-state index contributed by atoms with van der Waals surface area (Å²) in [6, 6.07) is 0. The van der Waals surface area contributed by atoms with Gasteiger partial charge in [0.15, 0.2) is 0 Å². The molecule has 1 fully saturated rings. The van der Waals surface area contributed by atoms with Crippen molar-refractivity contribution in [3.05, 3.63) is 0 Å². The van der Waals surface area contributed by atoms with Gasteiger partial charge in [0, 0.05) is 6.54 Å². The molecule has 1 heterocycles. The lowest BCUT2D eigenvalue weighted by molar-refractivity contribution is 0.117. The smallest absolute Gasteiger partial charge is 0.0551 e. The lowest BCUT2D eigenvalue weighted by Crippen LogP contribution is -2.25. The highest BCUT2D eigenvalue weighted by Gasteiger charge is 2.22. The summed E-state index contributed by atoms with van der Waals surface area (Å²) < 4.78 is 5.48. The monoisotopic (exact) mass is 157 g/mol. The molecule has 0 bridgehead atoms. The third kappa shape index (κ3) is 2.80. The van der Waals surface area contributed by atoms with Crippen molar-refractivity contribution < 1.29 is 4.74 Å². The molecule has 0 aromatic rings. The summed E-state index contributed by atoms with van der Waals surface area (Å²) in [5, 5.41) is 0. The Kier molecular flexibility index (Phi) is 3.34. The van der Waals surface area contributed by atoms with Crippen LogP contribution in [0.4, 0.5) is 0 Å². The highest BCUT2D eigenvalue weighted by atomic mass is 16.5. The maximum absolute atomic E-state index is 5.48. The third-order valence-corrected chi connectivity index (χ3v) is 2.39. The van der Waals surface area contributed by atoms with Crippen LogP contribution in [0.2, 0.25) is 0 Å². The van der Waals surface area contributed by atoms with E-state index in [1.165, 1.54) is 13.0 Å². The lowest BCUT2D eigenvalue weighted by Gasteiger charge is -2.17. The quantitative estimate of drug-likeness (QED) is 0.613. The van der Waals surface area contributed by atoms with Crippen molar-refractivity contribution in [1.82, 2.24) is 4.90 Å². The average Bonchev–Trinajstić information content (AvgIpc) is 2.35. The molecule has 66 valence electrons. The molecule has 0 radical (unpaired) electrons. The van der Waals surface area contributed by atoms with Gasteiger partial charge < -0.3 is 9.64 Å². The zero-order chi connectivity index (χ0) is 8.27. The number of nitrogens with zero attached hydrogens (tertiary/aromatic N) is 1. The molecule has 2 nitrogen and oxygen atoms in total. The second kappa shape index (κ2) is 4.07. The Bertz CT molecular complexity index is 116. The van der Waals surface area contributed by atoms with Gasteiger partial charge in [-0.15, -0.1) is 0 Å². The molecule has 2 atom stereocenters. The van der Waals surface area contributed by atoms with Crippen molar-refractivity contribution in [3.63, 3.8) is 0 Å². The lowest BCUT2D eigenvalue weighted by atomic mass is 10.1. The molecule has 1 rings (SSSR count). The van der Waals surface area contributed by atoms with Crippen LogP contribution in [0.1, 0.15) is 20.3 Å². The molecular formula is C9H19NO. The summed E-state index contributed by atoms with van der Waals surface area (Å²) in [5.41, 5.74) is 0. The minimum Gasteiger partial charge on any atom is -0.378 e. The van der Waals surface area contributed by atoms with Gasteiger partial charge in [-0.1, -0.05) is 6.92 Å². The van der Waals surface area contributed by atoms with E-state index in [1.807, 2.05) is 0 Å². The van der Waals surface area contributed by atoms with Gasteiger partial charge in [-0.05, 0) is 32.9 Å². The Morgan fingerprint density at radius 3 is 2.73 bits per heavy atom. The van der Waals surface area contributed by atoms with Crippen LogP contribution in [-0.4, -0.2) is 37.7 Å². The minimum atomic E-state index is 0.491. The van der Waals surface area contributed by atoms with Crippen molar-refractivity contribution in [2.24, 2.45) is 5.92 Å². The molecule has 2 unspecified atom stereocenters. The maximum Gasteiger partial charge on any atom is 0.0551 e. The molecule has 0 spiro atoms. The van der Waals surface area contributed by atoms with E-state index >= 15 is 0 Å². The Balaban J connectivity index is 2.17. The Morgan fingerprint density at radius 1 is 1.55 bits per heavy atom. The first kappa shape index (κ1) is 9.01. The van der Waals surface area contributed by atoms with Crippen LogP contribution in [0.25, 0.3) is 0 Å². The molecule has 0 amide bonds. The van der Waals surface area contributed by atoms with Gasteiger partial charge in [0.25, 0.3) is 0 Å². The molecule has 0 aromatic carbocycles. The third-order valence-electron chi connectivity index (χ3n) is 2.39. The van der Waals surface area contributed by atoms with Crippen molar-refractivity contribution in [2.45, 2.75) is 26.4 Å². The second-order valence-corrected chi connectivity index (χ2v) is 3.60. The highest BCUT2D eigenvalue weighted by Crippen LogP contribution is 2.19. The fourth-order valence-electron chi connectivity index (χ4n) is 1.60. The highest BCUT2D eigenvalue weighted by molar-refractivity contribution is 4.72. The van der Waals surface area contributed by atoms with Crippen LogP contribution >= 0.6 is 0 Å². The number of rotatable bonds is 3. The van der Waals surface area contributed by atoms with Crippen LogP contribution in [0.3, 0.4) is 0 Å². The number of ether oxygens (including phenoxy) is 1. The average molecular weight is 157 g/mol. The molecule has 11 heavy (non-hydrogen) atoms. The van der Waals surface area contributed by atoms with E-state index in [0.717, 1.165) is 19.1 Å². The molecule has 0 aliphatic carbocycles. The Hall–Kier alpha value is -0.0800. The molecule has 1 aliphatic heterocycles. The van der Waals surface area contributed by atoms with E-state index in [1.54, 1.807) is 0 Å². The molecule has 2 heteroatoms.